The lowest BCUT2D eigenvalue weighted by molar-refractivity contribution is 0.0963. The summed E-state index contributed by atoms with van der Waals surface area (Å²) in [6, 6.07) is 4.34. The molecule has 1 fully saturated rings. The Morgan fingerprint density at radius 1 is 1.26 bits per heavy atom. The van der Waals surface area contributed by atoms with Crippen LogP contribution in [0.4, 0.5) is 0 Å². The maximum absolute atomic E-state index is 12.2. The molecule has 1 aromatic carbocycles. The average molecular weight is 453 g/mol. The maximum atomic E-state index is 12.2. The first kappa shape index (κ1) is 24.8. The predicted molar refractivity (Wildman–Crippen MR) is 118 cm³/mol. The molecule has 9 nitrogen and oxygen atoms in total. The molecule has 0 saturated heterocycles. The number of hydrogen-bond donors (Lipinski definition) is 3. The number of carbonyl (C=O) groups excluding carboxylic acids is 1. The Morgan fingerprint density at radius 3 is 2.65 bits per heavy atom. The second kappa shape index (κ2) is 11.8. The molecule has 170 valence electrons. The lowest BCUT2D eigenvalue weighted by Gasteiger charge is -2.13. The number of aromatic nitrogens is 3. The zero-order chi connectivity index (χ0) is 23.0. The van der Waals surface area contributed by atoms with Gasteiger partial charge in [0.1, 0.15) is 6.20 Å². The number of nitrogens with one attached hydrogen (secondary N) is 1. The molecule has 10 heteroatoms. The zero-order valence-corrected chi connectivity index (χ0v) is 18.5. The first-order valence-corrected chi connectivity index (χ1v) is 10.7. The monoisotopic (exact) mass is 452 g/mol. The first-order valence-electron chi connectivity index (χ1n) is 10.3. The molecule has 2 atom stereocenters. The van der Waals surface area contributed by atoms with Gasteiger partial charge in [0.05, 0.1) is 35.5 Å². The van der Waals surface area contributed by atoms with Gasteiger partial charge >= 0.3 is 5.69 Å². The second-order valence-corrected chi connectivity index (χ2v) is 7.89. The standard InChI is InChI=1S/C13H13ClN4O4.C8H16O/c1-15-12(21)9-6-8(2-3-10(9)14)18-13(22)17(4-5-19)11(20)7-16-18;1-7-5-3-2-4-6-8(7)9/h2-3,6-7,19H,4-5H2,1H3,(H,15,21);7-9H,2-6H2,1H3. The fraction of sp³-hybridized carbons (Fsp3) is 0.524. The van der Waals surface area contributed by atoms with Gasteiger partial charge < -0.3 is 15.5 Å². The van der Waals surface area contributed by atoms with Crippen LogP contribution in [-0.4, -0.2) is 50.2 Å². The van der Waals surface area contributed by atoms with Crippen molar-refractivity contribution in [3.05, 3.63) is 55.8 Å². The van der Waals surface area contributed by atoms with E-state index in [-0.39, 0.29) is 35.5 Å². The Bertz CT molecular complexity index is 994. The van der Waals surface area contributed by atoms with Crippen LogP contribution >= 0.6 is 11.6 Å². The predicted octanol–water partition coefficient (Wildman–Crippen LogP) is 1.35. The van der Waals surface area contributed by atoms with Gasteiger partial charge in [0.15, 0.2) is 0 Å². The van der Waals surface area contributed by atoms with Crippen molar-refractivity contribution in [2.75, 3.05) is 13.7 Å². The Balaban J connectivity index is 0.000000316. The molecule has 0 spiro atoms. The van der Waals surface area contributed by atoms with Crippen molar-refractivity contribution in [3.63, 3.8) is 0 Å². The molecule has 2 aromatic rings. The summed E-state index contributed by atoms with van der Waals surface area (Å²) in [6.45, 7) is 1.65. The summed E-state index contributed by atoms with van der Waals surface area (Å²) in [7, 11) is 1.46. The lowest BCUT2D eigenvalue weighted by Crippen LogP contribution is -2.40. The van der Waals surface area contributed by atoms with Crippen LogP contribution in [0, 0.1) is 5.92 Å². The molecule has 2 unspecified atom stereocenters. The summed E-state index contributed by atoms with van der Waals surface area (Å²) in [5.74, 6) is 0.135. The van der Waals surface area contributed by atoms with Crippen LogP contribution in [0.25, 0.3) is 5.69 Å². The third-order valence-electron chi connectivity index (χ3n) is 5.27. The van der Waals surface area contributed by atoms with E-state index < -0.39 is 17.2 Å². The normalized spacial score (nSPS) is 18.5. The van der Waals surface area contributed by atoms with Crippen molar-refractivity contribution in [1.29, 1.82) is 0 Å². The third-order valence-corrected chi connectivity index (χ3v) is 5.60. The van der Waals surface area contributed by atoms with Crippen LogP contribution in [0.5, 0.6) is 0 Å². The lowest BCUT2D eigenvalue weighted by atomic mass is 10.0. The molecular formula is C21H29ClN4O5. The van der Waals surface area contributed by atoms with Gasteiger partial charge in [0, 0.05) is 7.05 Å². The largest absolute Gasteiger partial charge is 0.395 e. The molecule has 0 radical (unpaired) electrons. The summed E-state index contributed by atoms with van der Waals surface area (Å²) in [6.07, 6.45) is 7.08. The SMILES string of the molecule is CC1CCCCCC1O.CNC(=O)c1cc(-n2ncc(=O)n(CCO)c2=O)ccc1Cl. The summed E-state index contributed by atoms with van der Waals surface area (Å²) in [4.78, 5) is 35.5. The molecule has 31 heavy (non-hydrogen) atoms. The van der Waals surface area contributed by atoms with Crippen molar-refractivity contribution in [1.82, 2.24) is 19.7 Å². The van der Waals surface area contributed by atoms with Crippen LogP contribution < -0.4 is 16.6 Å². The molecule has 1 saturated carbocycles. The molecule has 0 aliphatic heterocycles. The number of hydrogen-bond acceptors (Lipinski definition) is 6. The van der Waals surface area contributed by atoms with E-state index in [1.807, 2.05) is 0 Å². The number of carbonyl (C=O) groups is 1. The van der Waals surface area contributed by atoms with Crippen molar-refractivity contribution in [2.24, 2.45) is 5.92 Å². The van der Waals surface area contributed by atoms with Crippen LogP contribution in [0.1, 0.15) is 49.4 Å². The van der Waals surface area contributed by atoms with Gasteiger partial charge in [0.25, 0.3) is 11.5 Å². The Kier molecular flexibility index (Phi) is 9.42. The Labute approximate surface area is 185 Å². The zero-order valence-electron chi connectivity index (χ0n) is 17.8. The average Bonchev–Trinajstić information content (AvgIpc) is 2.95. The highest BCUT2D eigenvalue weighted by Gasteiger charge is 2.16. The number of benzene rings is 1. The second-order valence-electron chi connectivity index (χ2n) is 7.48. The quantitative estimate of drug-likeness (QED) is 0.601. The molecular weight excluding hydrogens is 424 g/mol. The number of aliphatic hydroxyl groups excluding tert-OH is 2. The van der Waals surface area contributed by atoms with E-state index in [4.69, 9.17) is 16.7 Å². The number of rotatable bonds is 4. The molecule has 1 heterocycles. The van der Waals surface area contributed by atoms with E-state index in [0.29, 0.717) is 5.92 Å². The first-order chi connectivity index (χ1) is 14.8. The van der Waals surface area contributed by atoms with Crippen LogP contribution in [-0.2, 0) is 6.54 Å². The fourth-order valence-electron chi connectivity index (χ4n) is 3.34. The minimum Gasteiger partial charge on any atom is -0.395 e. The summed E-state index contributed by atoms with van der Waals surface area (Å²) < 4.78 is 1.81. The number of amides is 1. The van der Waals surface area contributed by atoms with Gasteiger partial charge in [-0.3, -0.25) is 14.2 Å². The van der Waals surface area contributed by atoms with Crippen LogP contribution in [0.15, 0.2) is 34.0 Å². The van der Waals surface area contributed by atoms with E-state index in [1.54, 1.807) is 0 Å². The molecule has 3 N–H and O–H groups in total. The van der Waals surface area contributed by atoms with Gasteiger partial charge in [0.2, 0.25) is 0 Å². The number of aliphatic hydroxyl groups is 2. The van der Waals surface area contributed by atoms with Gasteiger partial charge in [-0.25, -0.2) is 4.79 Å². The molecule has 1 aliphatic carbocycles. The van der Waals surface area contributed by atoms with Crippen LogP contribution in [0.3, 0.4) is 0 Å². The van der Waals surface area contributed by atoms with Crippen molar-refractivity contribution < 1.29 is 15.0 Å². The third kappa shape index (κ3) is 6.49. The van der Waals surface area contributed by atoms with Crippen LogP contribution in [0.2, 0.25) is 5.02 Å². The molecule has 1 amide bonds. The van der Waals surface area contributed by atoms with Crippen molar-refractivity contribution in [3.8, 4) is 5.69 Å². The molecule has 1 aromatic heterocycles. The van der Waals surface area contributed by atoms with Gasteiger partial charge in [-0.05, 0) is 37.0 Å². The smallest absolute Gasteiger partial charge is 0.352 e. The Morgan fingerprint density at radius 2 is 1.97 bits per heavy atom. The van der Waals surface area contributed by atoms with E-state index in [2.05, 4.69) is 17.3 Å². The minimum absolute atomic E-state index is 0.00694. The van der Waals surface area contributed by atoms with E-state index in [1.165, 1.54) is 50.9 Å². The molecule has 3 rings (SSSR count). The van der Waals surface area contributed by atoms with Gasteiger partial charge in [-0.15, -0.1) is 0 Å². The van der Waals surface area contributed by atoms with Crippen molar-refractivity contribution in [2.45, 2.75) is 51.7 Å². The van der Waals surface area contributed by atoms with E-state index >= 15 is 0 Å². The summed E-state index contributed by atoms with van der Waals surface area (Å²) in [5, 5.41) is 24.7. The maximum Gasteiger partial charge on any atom is 0.352 e. The summed E-state index contributed by atoms with van der Waals surface area (Å²) >= 11 is 5.95. The topological polar surface area (TPSA) is 126 Å². The van der Waals surface area contributed by atoms with Crippen molar-refractivity contribution >= 4 is 17.5 Å². The highest BCUT2D eigenvalue weighted by molar-refractivity contribution is 6.33. The highest BCUT2D eigenvalue weighted by atomic mass is 35.5. The molecule has 0 bridgehead atoms. The highest BCUT2D eigenvalue weighted by Crippen LogP contribution is 2.22. The minimum atomic E-state index is -0.716. The Hall–Kier alpha value is -2.49. The van der Waals surface area contributed by atoms with E-state index in [9.17, 15) is 19.5 Å². The number of halogens is 1. The fourth-order valence-corrected chi connectivity index (χ4v) is 3.55. The van der Waals surface area contributed by atoms with Gasteiger partial charge in [-0.2, -0.15) is 9.78 Å². The molecule has 1 aliphatic rings. The van der Waals surface area contributed by atoms with E-state index in [0.717, 1.165) is 21.9 Å². The number of nitrogens with zero attached hydrogens (tertiary/aromatic N) is 3. The summed E-state index contributed by atoms with van der Waals surface area (Å²) in [5.41, 5.74) is -0.877. The van der Waals surface area contributed by atoms with Gasteiger partial charge in [-0.1, -0.05) is 37.8 Å².